The Morgan fingerprint density at radius 2 is 2.00 bits per heavy atom. The van der Waals surface area contributed by atoms with Crippen LogP contribution in [-0.2, 0) is 25.6 Å². The van der Waals surface area contributed by atoms with E-state index in [0.717, 1.165) is 5.56 Å². The summed E-state index contributed by atoms with van der Waals surface area (Å²) >= 11 is 0. The van der Waals surface area contributed by atoms with Crippen molar-refractivity contribution in [3.8, 4) is 0 Å². The second-order valence-corrected chi connectivity index (χ2v) is 7.27. The van der Waals surface area contributed by atoms with Gasteiger partial charge in [-0.1, -0.05) is 30.3 Å². The Bertz CT molecular complexity index is 508. The summed E-state index contributed by atoms with van der Waals surface area (Å²) in [6.45, 7) is 6.64. The lowest BCUT2D eigenvalue weighted by Gasteiger charge is -2.18. The van der Waals surface area contributed by atoms with E-state index in [0.29, 0.717) is 32.7 Å². The molecule has 1 heterocycles. The summed E-state index contributed by atoms with van der Waals surface area (Å²) in [5.41, 5.74) is 0.597. The molecule has 0 amide bonds. The highest BCUT2D eigenvalue weighted by Gasteiger charge is 2.34. The van der Waals surface area contributed by atoms with Gasteiger partial charge in [0.05, 0.1) is 37.4 Å². The van der Waals surface area contributed by atoms with Crippen LogP contribution in [0.15, 0.2) is 30.3 Å². The van der Waals surface area contributed by atoms with Crippen LogP contribution in [0.2, 0.25) is 0 Å². The minimum Gasteiger partial charge on any atom is -0.465 e. The van der Waals surface area contributed by atoms with Gasteiger partial charge in [-0.25, -0.2) is 0 Å². The minimum absolute atomic E-state index is 0.0990. The highest BCUT2D eigenvalue weighted by Crippen LogP contribution is 2.24. The van der Waals surface area contributed by atoms with E-state index in [9.17, 15) is 9.90 Å². The van der Waals surface area contributed by atoms with Gasteiger partial charge in [0, 0.05) is 12.8 Å². The van der Waals surface area contributed by atoms with E-state index < -0.39 is 11.5 Å². The molecule has 0 saturated carbocycles. The number of hydrogen-bond acceptors (Lipinski definition) is 5. The van der Waals surface area contributed by atoms with Gasteiger partial charge in [0.25, 0.3) is 0 Å². The predicted molar refractivity (Wildman–Crippen MR) is 90.4 cm³/mol. The molecular formula is C19H28O5. The zero-order chi connectivity index (χ0) is 17.6. The molecule has 1 fully saturated rings. The summed E-state index contributed by atoms with van der Waals surface area (Å²) in [4.78, 5) is 11.7. The fourth-order valence-corrected chi connectivity index (χ4v) is 2.52. The minimum atomic E-state index is -0.538. The van der Waals surface area contributed by atoms with Crippen molar-refractivity contribution in [2.75, 3.05) is 13.2 Å². The monoisotopic (exact) mass is 336 g/mol. The van der Waals surface area contributed by atoms with Crippen LogP contribution in [-0.4, -0.2) is 42.6 Å². The zero-order valence-corrected chi connectivity index (χ0v) is 14.7. The molecule has 0 aromatic heterocycles. The Morgan fingerprint density at radius 3 is 2.67 bits per heavy atom. The first kappa shape index (κ1) is 18.9. The van der Waals surface area contributed by atoms with Gasteiger partial charge in [-0.2, -0.15) is 0 Å². The molecule has 3 atom stereocenters. The smallest absolute Gasteiger partial charge is 0.311 e. The molecule has 0 unspecified atom stereocenters. The SMILES string of the molecule is CC(C)(C)C(=O)OCC[C@H]1C[C@H](O)[C@H](COCc2ccccc2)O1. The summed E-state index contributed by atoms with van der Waals surface area (Å²) in [6.07, 6.45) is 0.180. The van der Waals surface area contributed by atoms with Crippen LogP contribution in [0.1, 0.15) is 39.2 Å². The second-order valence-electron chi connectivity index (χ2n) is 7.27. The molecule has 5 heteroatoms. The molecule has 1 aliphatic heterocycles. The predicted octanol–water partition coefficient (Wildman–Crippen LogP) is 2.70. The summed E-state index contributed by atoms with van der Waals surface area (Å²) < 4.78 is 16.7. The normalized spacial score (nSPS) is 24.1. The molecule has 24 heavy (non-hydrogen) atoms. The van der Waals surface area contributed by atoms with E-state index in [1.807, 2.05) is 51.1 Å². The Morgan fingerprint density at radius 1 is 1.29 bits per heavy atom. The van der Waals surface area contributed by atoms with Crippen LogP contribution < -0.4 is 0 Å². The van der Waals surface area contributed by atoms with Gasteiger partial charge < -0.3 is 19.3 Å². The number of carbonyl (C=O) groups excluding carboxylic acids is 1. The molecule has 2 rings (SSSR count). The Labute approximate surface area is 143 Å². The van der Waals surface area contributed by atoms with Gasteiger partial charge in [0.15, 0.2) is 0 Å². The lowest BCUT2D eigenvalue weighted by atomic mass is 9.97. The maximum Gasteiger partial charge on any atom is 0.311 e. The fraction of sp³-hybridized carbons (Fsp3) is 0.632. The molecule has 0 aliphatic carbocycles. The van der Waals surface area contributed by atoms with Crippen molar-refractivity contribution < 1.29 is 24.1 Å². The topological polar surface area (TPSA) is 65.0 Å². The number of carbonyl (C=O) groups is 1. The number of aliphatic hydroxyl groups excluding tert-OH is 1. The van der Waals surface area contributed by atoms with Crippen LogP contribution in [0.4, 0.5) is 0 Å². The molecule has 1 aromatic carbocycles. The highest BCUT2D eigenvalue weighted by atomic mass is 16.6. The van der Waals surface area contributed by atoms with Gasteiger partial charge >= 0.3 is 5.97 Å². The van der Waals surface area contributed by atoms with E-state index >= 15 is 0 Å². The standard InChI is InChI=1S/C19H28O5/c1-19(2,3)18(21)23-10-9-15-11-16(20)17(24-15)13-22-12-14-7-5-4-6-8-14/h4-8,15-17,20H,9-13H2,1-3H3/t15-,16-,17-/m0/s1. The molecule has 1 aliphatic rings. The van der Waals surface area contributed by atoms with E-state index in [1.54, 1.807) is 0 Å². The summed E-state index contributed by atoms with van der Waals surface area (Å²) in [5.74, 6) is -0.219. The Kier molecular flexibility index (Phi) is 6.78. The number of aliphatic hydroxyl groups is 1. The number of hydrogen-bond donors (Lipinski definition) is 1. The van der Waals surface area contributed by atoms with Gasteiger partial charge in [-0.15, -0.1) is 0 Å². The van der Waals surface area contributed by atoms with Gasteiger partial charge in [0.1, 0.15) is 6.10 Å². The highest BCUT2D eigenvalue weighted by molar-refractivity contribution is 5.75. The summed E-state index contributed by atoms with van der Waals surface area (Å²) in [5, 5.41) is 10.1. The molecule has 1 aromatic rings. The lowest BCUT2D eigenvalue weighted by molar-refractivity contribution is -0.153. The Balaban J connectivity index is 1.65. The van der Waals surface area contributed by atoms with Crippen molar-refractivity contribution >= 4 is 5.97 Å². The largest absolute Gasteiger partial charge is 0.465 e. The van der Waals surface area contributed by atoms with Crippen molar-refractivity contribution in [2.24, 2.45) is 5.41 Å². The first-order chi connectivity index (χ1) is 11.4. The number of esters is 1. The third kappa shape index (κ3) is 5.89. The quantitative estimate of drug-likeness (QED) is 0.776. The van der Waals surface area contributed by atoms with Crippen molar-refractivity contribution in [3.05, 3.63) is 35.9 Å². The second kappa shape index (κ2) is 8.60. The van der Waals surface area contributed by atoms with Crippen LogP contribution in [0, 0.1) is 5.41 Å². The lowest BCUT2D eigenvalue weighted by Crippen LogP contribution is -2.26. The molecular weight excluding hydrogens is 308 g/mol. The average molecular weight is 336 g/mol. The van der Waals surface area contributed by atoms with E-state index in [-0.39, 0.29) is 18.2 Å². The van der Waals surface area contributed by atoms with E-state index in [2.05, 4.69) is 0 Å². The molecule has 5 nitrogen and oxygen atoms in total. The average Bonchev–Trinajstić information content (AvgIpc) is 2.87. The first-order valence-corrected chi connectivity index (χ1v) is 8.48. The van der Waals surface area contributed by atoms with Crippen LogP contribution >= 0.6 is 0 Å². The number of benzene rings is 1. The third-order valence-corrected chi connectivity index (χ3v) is 3.98. The number of ether oxygens (including phenoxy) is 3. The maximum absolute atomic E-state index is 11.7. The Hall–Kier alpha value is -1.43. The third-order valence-electron chi connectivity index (χ3n) is 3.98. The van der Waals surface area contributed by atoms with Crippen molar-refractivity contribution in [1.82, 2.24) is 0 Å². The molecule has 1 saturated heterocycles. The van der Waals surface area contributed by atoms with Crippen molar-refractivity contribution in [2.45, 2.75) is 58.5 Å². The summed E-state index contributed by atoms with van der Waals surface area (Å²) in [6, 6.07) is 9.89. The fourth-order valence-electron chi connectivity index (χ4n) is 2.52. The van der Waals surface area contributed by atoms with Crippen LogP contribution in [0.5, 0.6) is 0 Å². The van der Waals surface area contributed by atoms with Crippen LogP contribution in [0.25, 0.3) is 0 Å². The van der Waals surface area contributed by atoms with Gasteiger partial charge in [-0.3, -0.25) is 4.79 Å². The van der Waals surface area contributed by atoms with Crippen molar-refractivity contribution in [3.63, 3.8) is 0 Å². The van der Waals surface area contributed by atoms with Crippen LogP contribution in [0.3, 0.4) is 0 Å². The summed E-state index contributed by atoms with van der Waals surface area (Å²) in [7, 11) is 0. The molecule has 0 bridgehead atoms. The van der Waals surface area contributed by atoms with Gasteiger partial charge in [0.2, 0.25) is 0 Å². The molecule has 134 valence electrons. The maximum atomic E-state index is 11.7. The van der Waals surface area contributed by atoms with Gasteiger partial charge in [-0.05, 0) is 26.3 Å². The van der Waals surface area contributed by atoms with E-state index in [1.165, 1.54) is 0 Å². The molecule has 0 spiro atoms. The molecule has 1 N–H and O–H groups in total. The van der Waals surface area contributed by atoms with Crippen molar-refractivity contribution in [1.29, 1.82) is 0 Å². The zero-order valence-electron chi connectivity index (χ0n) is 14.7. The number of rotatable bonds is 7. The first-order valence-electron chi connectivity index (χ1n) is 8.48. The van der Waals surface area contributed by atoms with E-state index in [4.69, 9.17) is 14.2 Å². The molecule has 0 radical (unpaired) electrons.